The number of hydrogen-bond donors (Lipinski definition) is 0. The second-order valence-corrected chi connectivity index (χ2v) is 9.56. The summed E-state index contributed by atoms with van der Waals surface area (Å²) < 4.78 is 0. The number of rotatable bonds is 0. The van der Waals surface area contributed by atoms with Crippen LogP contribution in [-0.2, 0) is 19.2 Å². The van der Waals surface area contributed by atoms with Gasteiger partial charge in [-0.15, -0.1) is 0 Å². The minimum Gasteiger partial charge on any atom is -0.298 e. The lowest BCUT2D eigenvalue weighted by molar-refractivity contribution is -0.164. The zero-order valence-electron chi connectivity index (χ0n) is 15.1. The maximum atomic E-state index is 13.0. The molecule has 3 aliphatic rings. The predicted octanol–water partition coefficient (Wildman–Crippen LogP) is 2.77. The van der Waals surface area contributed by atoms with Crippen LogP contribution in [0.5, 0.6) is 0 Å². The van der Waals surface area contributed by atoms with Crippen LogP contribution in [0, 0.1) is 33.0 Å². The van der Waals surface area contributed by atoms with Gasteiger partial charge in [-0.2, -0.15) is 0 Å². The number of carbonyl (C=O) groups excluding carboxylic acids is 4. The average molecular weight is 318 g/mol. The smallest absolute Gasteiger partial charge is 0.153 e. The fraction of sp³-hybridized carbons (Fsp3) is 0.789. The van der Waals surface area contributed by atoms with Crippen molar-refractivity contribution in [2.24, 2.45) is 33.0 Å². The molecule has 2 spiro atoms. The van der Waals surface area contributed by atoms with Gasteiger partial charge in [0.2, 0.25) is 0 Å². The topological polar surface area (TPSA) is 68.3 Å². The van der Waals surface area contributed by atoms with Crippen molar-refractivity contribution < 1.29 is 19.2 Å². The fourth-order valence-corrected chi connectivity index (χ4v) is 5.17. The molecule has 3 saturated carbocycles. The molecule has 3 rings (SSSR count). The molecule has 0 aliphatic heterocycles. The van der Waals surface area contributed by atoms with E-state index in [-0.39, 0.29) is 41.9 Å². The van der Waals surface area contributed by atoms with Gasteiger partial charge in [-0.05, 0) is 12.8 Å². The van der Waals surface area contributed by atoms with Crippen molar-refractivity contribution in [1.29, 1.82) is 0 Å². The van der Waals surface area contributed by atoms with E-state index in [2.05, 4.69) is 0 Å². The highest BCUT2D eigenvalue weighted by Gasteiger charge is 2.80. The fourth-order valence-electron chi connectivity index (χ4n) is 5.17. The highest BCUT2D eigenvalue weighted by Crippen LogP contribution is 2.71. The summed E-state index contributed by atoms with van der Waals surface area (Å²) >= 11 is 0. The molecule has 4 heteroatoms. The quantitative estimate of drug-likeness (QED) is 0.644. The number of ketones is 4. The standard InChI is InChI=1S/C19H26O4/c1-10-11(20)18(12(21)15(10,2)3)8-19(9-18)13(22)16(4,5)17(6,7)14(19)23/h10H,8-9H2,1-7H3/t10-/m0/s1. The molecule has 23 heavy (non-hydrogen) atoms. The molecule has 0 aromatic carbocycles. The summed E-state index contributed by atoms with van der Waals surface area (Å²) in [5.41, 5.74) is -4.48. The molecular formula is C19H26O4. The van der Waals surface area contributed by atoms with Gasteiger partial charge in [0.25, 0.3) is 0 Å². The molecule has 0 heterocycles. The highest BCUT2D eigenvalue weighted by atomic mass is 16.2. The van der Waals surface area contributed by atoms with Gasteiger partial charge in [0, 0.05) is 22.2 Å². The van der Waals surface area contributed by atoms with E-state index in [0.29, 0.717) is 0 Å². The zero-order valence-corrected chi connectivity index (χ0v) is 15.1. The first-order valence-electron chi connectivity index (χ1n) is 8.39. The lowest BCUT2D eigenvalue weighted by atomic mass is 9.48. The molecule has 4 nitrogen and oxygen atoms in total. The van der Waals surface area contributed by atoms with Crippen LogP contribution < -0.4 is 0 Å². The SMILES string of the molecule is C[C@H]1C(=O)C2(CC3(C2)C(=O)C(C)(C)C(C)(C)C3=O)C(=O)C1(C)C. The molecule has 0 bridgehead atoms. The molecule has 0 amide bonds. The Morgan fingerprint density at radius 3 is 1.39 bits per heavy atom. The molecule has 126 valence electrons. The maximum absolute atomic E-state index is 13.0. The summed E-state index contributed by atoms with van der Waals surface area (Å²) in [6, 6.07) is 0. The van der Waals surface area contributed by atoms with Gasteiger partial charge in [0.1, 0.15) is 5.78 Å². The van der Waals surface area contributed by atoms with Gasteiger partial charge < -0.3 is 0 Å². The molecule has 0 saturated heterocycles. The van der Waals surface area contributed by atoms with Gasteiger partial charge in [0.15, 0.2) is 17.3 Å². The van der Waals surface area contributed by atoms with Crippen molar-refractivity contribution in [3.63, 3.8) is 0 Å². The number of Topliss-reactive ketones (excluding diaryl/α,β-unsaturated/α-hetero) is 4. The van der Waals surface area contributed by atoms with Crippen molar-refractivity contribution in [1.82, 2.24) is 0 Å². The molecule has 0 unspecified atom stereocenters. The Bertz CT molecular complexity index is 643. The van der Waals surface area contributed by atoms with Crippen LogP contribution in [0.1, 0.15) is 61.3 Å². The Morgan fingerprint density at radius 2 is 1.09 bits per heavy atom. The summed E-state index contributed by atoms with van der Waals surface area (Å²) in [6.07, 6.45) is 0.186. The average Bonchev–Trinajstić information content (AvgIpc) is 2.60. The molecule has 0 N–H and O–H groups in total. The van der Waals surface area contributed by atoms with E-state index in [9.17, 15) is 19.2 Å². The van der Waals surface area contributed by atoms with Crippen LogP contribution in [0.25, 0.3) is 0 Å². The Kier molecular flexibility index (Phi) is 2.76. The molecule has 3 aliphatic carbocycles. The summed E-state index contributed by atoms with van der Waals surface area (Å²) in [7, 11) is 0. The Hall–Kier alpha value is -1.32. The number of carbonyl (C=O) groups is 4. The Labute approximate surface area is 137 Å². The third kappa shape index (κ3) is 1.40. The second-order valence-electron chi connectivity index (χ2n) is 9.56. The van der Waals surface area contributed by atoms with Crippen molar-refractivity contribution in [2.75, 3.05) is 0 Å². The van der Waals surface area contributed by atoms with E-state index < -0.39 is 27.1 Å². The first-order chi connectivity index (χ1) is 10.2. The summed E-state index contributed by atoms with van der Waals surface area (Å²) in [4.78, 5) is 51.7. The van der Waals surface area contributed by atoms with Crippen molar-refractivity contribution >= 4 is 23.1 Å². The minimum absolute atomic E-state index is 0.0822. The van der Waals surface area contributed by atoms with Gasteiger partial charge in [-0.3, -0.25) is 19.2 Å². The van der Waals surface area contributed by atoms with Crippen LogP contribution >= 0.6 is 0 Å². The second kappa shape index (κ2) is 3.84. The first kappa shape index (κ1) is 16.5. The molecule has 0 radical (unpaired) electrons. The lowest BCUT2D eigenvalue weighted by Gasteiger charge is -2.49. The largest absolute Gasteiger partial charge is 0.298 e. The minimum atomic E-state index is -1.13. The first-order valence-corrected chi connectivity index (χ1v) is 8.39. The zero-order chi connectivity index (χ0) is 17.8. The van der Waals surface area contributed by atoms with E-state index in [0.717, 1.165) is 0 Å². The summed E-state index contributed by atoms with van der Waals surface area (Å²) in [5.74, 6) is -0.718. The molecule has 1 atom stereocenters. The van der Waals surface area contributed by atoms with Gasteiger partial charge in [0.05, 0.1) is 10.8 Å². The van der Waals surface area contributed by atoms with Crippen LogP contribution in [0.3, 0.4) is 0 Å². The van der Waals surface area contributed by atoms with Crippen LogP contribution in [0.4, 0.5) is 0 Å². The monoisotopic (exact) mass is 318 g/mol. The van der Waals surface area contributed by atoms with E-state index >= 15 is 0 Å². The van der Waals surface area contributed by atoms with Crippen molar-refractivity contribution in [3.8, 4) is 0 Å². The molecule has 0 aromatic rings. The highest BCUT2D eigenvalue weighted by molar-refractivity contribution is 6.25. The van der Waals surface area contributed by atoms with Crippen LogP contribution in [-0.4, -0.2) is 23.1 Å². The van der Waals surface area contributed by atoms with Crippen molar-refractivity contribution in [3.05, 3.63) is 0 Å². The normalized spacial score (nSPS) is 35.2. The predicted molar refractivity (Wildman–Crippen MR) is 84.6 cm³/mol. The van der Waals surface area contributed by atoms with E-state index in [1.807, 2.05) is 0 Å². The van der Waals surface area contributed by atoms with E-state index in [1.54, 1.807) is 48.5 Å². The lowest BCUT2D eigenvalue weighted by Crippen LogP contribution is -2.59. The van der Waals surface area contributed by atoms with Gasteiger partial charge >= 0.3 is 0 Å². The summed E-state index contributed by atoms with van der Waals surface area (Å²) in [6.45, 7) is 12.6. The van der Waals surface area contributed by atoms with Crippen molar-refractivity contribution in [2.45, 2.75) is 61.3 Å². The Morgan fingerprint density at radius 1 is 0.696 bits per heavy atom. The molecule has 3 fully saturated rings. The van der Waals surface area contributed by atoms with Gasteiger partial charge in [-0.25, -0.2) is 0 Å². The molecule has 0 aromatic heterocycles. The molecular weight excluding hydrogens is 292 g/mol. The third-order valence-corrected chi connectivity index (χ3v) is 7.74. The van der Waals surface area contributed by atoms with Gasteiger partial charge in [-0.1, -0.05) is 48.5 Å². The van der Waals surface area contributed by atoms with Crippen LogP contribution in [0.2, 0.25) is 0 Å². The third-order valence-electron chi connectivity index (χ3n) is 7.74. The summed E-state index contributed by atoms with van der Waals surface area (Å²) in [5, 5.41) is 0. The van der Waals surface area contributed by atoms with E-state index in [1.165, 1.54) is 0 Å². The van der Waals surface area contributed by atoms with E-state index in [4.69, 9.17) is 0 Å². The number of hydrogen-bond acceptors (Lipinski definition) is 4. The van der Waals surface area contributed by atoms with Crippen LogP contribution in [0.15, 0.2) is 0 Å². The Balaban J connectivity index is 2.05. The maximum Gasteiger partial charge on any atom is 0.153 e.